The first-order valence-corrected chi connectivity index (χ1v) is 14.3. The van der Waals surface area contributed by atoms with Gasteiger partial charge in [0.25, 0.3) is 0 Å². The summed E-state index contributed by atoms with van der Waals surface area (Å²) in [5, 5.41) is 5.56. The van der Waals surface area contributed by atoms with Gasteiger partial charge in [0.2, 0.25) is 11.8 Å². The summed E-state index contributed by atoms with van der Waals surface area (Å²) >= 11 is 0. The number of primary amides is 1. The van der Waals surface area contributed by atoms with Crippen LogP contribution in [0.15, 0.2) is 60.8 Å². The molecule has 2 aliphatic heterocycles. The highest BCUT2D eigenvalue weighted by Crippen LogP contribution is 2.40. The van der Waals surface area contributed by atoms with E-state index in [1.54, 1.807) is 9.96 Å². The molecule has 2 aliphatic rings. The van der Waals surface area contributed by atoms with E-state index < -0.39 is 29.8 Å². The van der Waals surface area contributed by atoms with Crippen molar-refractivity contribution in [2.45, 2.75) is 70.4 Å². The number of aromatic nitrogens is 1. The molecule has 3 aromatic rings. The second kappa shape index (κ2) is 12.3. The van der Waals surface area contributed by atoms with Crippen LogP contribution in [0.5, 0.6) is 0 Å². The molecule has 0 saturated carbocycles. The molecule has 4 N–H and O–H groups in total. The molecule has 2 saturated heterocycles. The number of nitrogens with two attached hydrogens (primary N) is 1. The molecule has 3 heterocycles. The molecular weight excluding hydrogens is 522 g/mol. The molecule has 10 heteroatoms. The van der Waals surface area contributed by atoms with Crippen molar-refractivity contribution in [3.8, 4) is 0 Å². The van der Waals surface area contributed by atoms with Gasteiger partial charge in [-0.1, -0.05) is 62.4 Å². The molecule has 3 atom stereocenters. The van der Waals surface area contributed by atoms with E-state index in [2.05, 4.69) is 10.3 Å². The largest absolute Gasteiger partial charge is 0.444 e. The second-order valence-corrected chi connectivity index (χ2v) is 11.4. The maximum atomic E-state index is 13.7. The van der Waals surface area contributed by atoms with Crippen LogP contribution < -0.4 is 11.1 Å². The lowest BCUT2D eigenvalue weighted by Gasteiger charge is -2.35. The summed E-state index contributed by atoms with van der Waals surface area (Å²) in [5.41, 5.74) is 7.66. The number of benzene rings is 2. The Morgan fingerprint density at radius 3 is 2.59 bits per heavy atom. The van der Waals surface area contributed by atoms with Gasteiger partial charge in [0.15, 0.2) is 5.72 Å². The molecule has 0 unspecified atom stereocenters. The van der Waals surface area contributed by atoms with Crippen molar-refractivity contribution >= 4 is 28.8 Å². The number of aromatic amines is 1. The molecule has 1 spiro atoms. The first-order chi connectivity index (χ1) is 19.8. The monoisotopic (exact) mass is 561 g/mol. The van der Waals surface area contributed by atoms with Crippen molar-refractivity contribution in [1.82, 2.24) is 20.3 Å². The maximum Gasteiger partial charge on any atom is 0.412 e. The smallest absolute Gasteiger partial charge is 0.412 e. The number of hydrogen-bond acceptors (Lipinski definition) is 6. The molecule has 2 aromatic carbocycles. The number of nitrogens with zero attached hydrogens (tertiary/aromatic N) is 2. The van der Waals surface area contributed by atoms with Crippen LogP contribution in [0.25, 0.3) is 10.9 Å². The number of amides is 3. The molecule has 0 bridgehead atoms. The maximum absolute atomic E-state index is 13.7. The van der Waals surface area contributed by atoms with Gasteiger partial charge in [-0.25, -0.2) is 4.79 Å². The third-order valence-electron chi connectivity index (χ3n) is 7.98. The molecule has 0 radical (unpaired) electrons. The van der Waals surface area contributed by atoms with Crippen LogP contribution in [0, 0.1) is 5.92 Å². The summed E-state index contributed by atoms with van der Waals surface area (Å²) < 4.78 is 5.62. The van der Waals surface area contributed by atoms with Crippen molar-refractivity contribution in [3.05, 3.63) is 71.9 Å². The quantitative estimate of drug-likeness (QED) is 0.345. The fraction of sp³-hybridized carbons (Fsp3) is 0.452. The van der Waals surface area contributed by atoms with Crippen LogP contribution in [0.2, 0.25) is 0 Å². The summed E-state index contributed by atoms with van der Waals surface area (Å²) in [6.07, 6.45) is 4.20. The molecule has 2 fully saturated rings. The number of hydrogen-bond donors (Lipinski definition) is 3. The number of nitrogens with one attached hydrogen (secondary N) is 2. The van der Waals surface area contributed by atoms with Crippen LogP contribution in [0.1, 0.15) is 50.7 Å². The fourth-order valence-corrected chi connectivity index (χ4v) is 5.89. The minimum atomic E-state index is -0.885. The molecule has 5 rings (SSSR count). The van der Waals surface area contributed by atoms with E-state index in [1.165, 1.54) is 0 Å². The molecule has 218 valence electrons. The molecular formula is C31H39N5O5. The van der Waals surface area contributed by atoms with Crippen molar-refractivity contribution in [3.63, 3.8) is 0 Å². The van der Waals surface area contributed by atoms with E-state index in [-0.39, 0.29) is 24.9 Å². The Hall–Kier alpha value is -3.89. The van der Waals surface area contributed by atoms with E-state index >= 15 is 0 Å². The van der Waals surface area contributed by atoms with Gasteiger partial charge < -0.3 is 20.8 Å². The van der Waals surface area contributed by atoms with Gasteiger partial charge in [0, 0.05) is 43.0 Å². The number of para-hydroxylation sites is 1. The SMILES string of the molecule is CC(C)C[C@@H](C(=O)N[C@@H](Cc1c[nH]c2ccccc12)C(N)=O)N1CC[C@]2(CCCN2C(=O)OCc2ccccc2)O1. The fourth-order valence-electron chi connectivity index (χ4n) is 5.89. The van der Waals surface area contributed by atoms with Crippen LogP contribution in [0.4, 0.5) is 4.79 Å². The lowest BCUT2D eigenvalue weighted by molar-refractivity contribution is -0.247. The minimum Gasteiger partial charge on any atom is -0.444 e. The van der Waals surface area contributed by atoms with E-state index in [4.69, 9.17) is 15.3 Å². The lowest BCUT2D eigenvalue weighted by atomic mass is 10.0. The standard InChI is InChI=1S/C31H39N5O5/c1-21(2)17-27(29(38)34-26(28(32)37)18-23-19-33-25-12-7-6-11-24(23)25)36-16-14-31(41-36)13-8-15-35(31)30(39)40-20-22-9-4-3-5-10-22/h3-7,9-12,19,21,26-27,33H,8,13-18,20H2,1-2H3,(H2,32,37)(H,34,38)/t26-,27-,31-/m0/s1. The first-order valence-electron chi connectivity index (χ1n) is 14.3. The van der Waals surface area contributed by atoms with Crippen LogP contribution in [-0.2, 0) is 32.2 Å². The predicted octanol–water partition coefficient (Wildman–Crippen LogP) is 3.86. The van der Waals surface area contributed by atoms with E-state index in [0.717, 1.165) is 28.5 Å². The average molecular weight is 562 g/mol. The van der Waals surface area contributed by atoms with Crippen molar-refractivity contribution < 1.29 is 24.0 Å². The molecule has 41 heavy (non-hydrogen) atoms. The van der Waals surface area contributed by atoms with Gasteiger partial charge in [-0.3, -0.25) is 19.3 Å². The van der Waals surface area contributed by atoms with Crippen molar-refractivity contribution in [1.29, 1.82) is 0 Å². The number of carbonyl (C=O) groups excluding carboxylic acids is 3. The number of ether oxygens (including phenoxy) is 1. The highest BCUT2D eigenvalue weighted by atomic mass is 16.7. The normalized spacial score (nSPS) is 20.5. The third kappa shape index (κ3) is 6.39. The zero-order valence-electron chi connectivity index (χ0n) is 23.7. The number of likely N-dealkylation sites (tertiary alicyclic amines) is 1. The zero-order valence-corrected chi connectivity index (χ0v) is 23.7. The highest BCUT2D eigenvalue weighted by molar-refractivity contribution is 5.90. The Morgan fingerprint density at radius 2 is 1.83 bits per heavy atom. The number of fused-ring (bicyclic) bond motifs is 1. The van der Waals surface area contributed by atoms with Gasteiger partial charge in [-0.2, -0.15) is 5.06 Å². The number of H-pyrrole nitrogens is 1. The summed E-state index contributed by atoms with van der Waals surface area (Å²) in [4.78, 5) is 50.6. The number of carbonyl (C=O) groups is 3. The Labute approximate surface area is 240 Å². The Morgan fingerprint density at radius 1 is 1.07 bits per heavy atom. The Bertz CT molecular complexity index is 1380. The summed E-state index contributed by atoms with van der Waals surface area (Å²) in [5.74, 6) is -0.744. The molecule has 10 nitrogen and oxygen atoms in total. The minimum absolute atomic E-state index is 0.180. The zero-order chi connectivity index (χ0) is 29.0. The summed E-state index contributed by atoms with van der Waals surface area (Å²) in [7, 11) is 0. The van der Waals surface area contributed by atoms with Crippen LogP contribution >= 0.6 is 0 Å². The van der Waals surface area contributed by atoms with Crippen LogP contribution in [-0.4, -0.2) is 63.8 Å². The van der Waals surface area contributed by atoms with E-state index in [1.807, 2.05) is 74.6 Å². The van der Waals surface area contributed by atoms with E-state index in [0.29, 0.717) is 32.4 Å². The first kappa shape index (κ1) is 28.6. The van der Waals surface area contributed by atoms with Gasteiger partial charge in [-0.05, 0) is 42.4 Å². The van der Waals surface area contributed by atoms with Crippen molar-refractivity contribution in [2.75, 3.05) is 13.1 Å². The van der Waals surface area contributed by atoms with Gasteiger partial charge in [0.1, 0.15) is 18.7 Å². The topological polar surface area (TPSA) is 130 Å². The second-order valence-electron chi connectivity index (χ2n) is 11.4. The van der Waals surface area contributed by atoms with Gasteiger partial charge in [-0.15, -0.1) is 0 Å². The third-order valence-corrected chi connectivity index (χ3v) is 7.98. The van der Waals surface area contributed by atoms with Gasteiger partial charge >= 0.3 is 6.09 Å². The Balaban J connectivity index is 1.27. The lowest BCUT2D eigenvalue weighted by Crippen LogP contribution is -2.54. The number of rotatable bonds is 10. The molecule has 0 aliphatic carbocycles. The van der Waals surface area contributed by atoms with Crippen molar-refractivity contribution in [2.24, 2.45) is 11.7 Å². The summed E-state index contributed by atoms with van der Waals surface area (Å²) in [6, 6.07) is 15.8. The highest BCUT2D eigenvalue weighted by Gasteiger charge is 2.52. The average Bonchev–Trinajstić information content (AvgIpc) is 3.69. The Kier molecular flexibility index (Phi) is 8.60. The van der Waals surface area contributed by atoms with Crippen LogP contribution in [0.3, 0.4) is 0 Å². The molecule has 1 aromatic heterocycles. The van der Waals surface area contributed by atoms with E-state index in [9.17, 15) is 14.4 Å². The summed E-state index contributed by atoms with van der Waals surface area (Å²) in [6.45, 7) is 5.24. The number of hydroxylamine groups is 2. The molecule has 3 amide bonds. The van der Waals surface area contributed by atoms with Gasteiger partial charge in [0.05, 0.1) is 0 Å². The predicted molar refractivity (Wildman–Crippen MR) is 154 cm³/mol.